The van der Waals surface area contributed by atoms with Crippen molar-refractivity contribution in [3.05, 3.63) is 52.2 Å². The third-order valence-corrected chi connectivity index (χ3v) is 4.13. The molecule has 1 unspecified atom stereocenters. The highest BCUT2D eigenvalue weighted by Gasteiger charge is 2.18. The van der Waals surface area contributed by atoms with Crippen LogP contribution in [0.3, 0.4) is 0 Å². The van der Waals surface area contributed by atoms with E-state index < -0.39 is 0 Å². The number of fused-ring (bicyclic) bond motifs is 1. The second kappa shape index (κ2) is 4.30. The van der Waals surface area contributed by atoms with Crippen LogP contribution in [-0.2, 0) is 12.8 Å². The zero-order valence-electron chi connectivity index (χ0n) is 9.15. The molecule has 0 aliphatic carbocycles. The number of hydrogen-bond acceptors (Lipinski definition) is 2. The molecule has 82 valence electrons. The number of anilines is 1. The Bertz CT molecular complexity index is 461. The highest BCUT2D eigenvalue weighted by atomic mass is 32.1. The summed E-state index contributed by atoms with van der Waals surface area (Å²) in [6, 6.07) is 13.5. The van der Waals surface area contributed by atoms with Crippen LogP contribution in [0.4, 0.5) is 5.69 Å². The van der Waals surface area contributed by atoms with E-state index in [-0.39, 0.29) is 0 Å². The van der Waals surface area contributed by atoms with Gasteiger partial charge in [0.2, 0.25) is 0 Å². The average molecular weight is 229 g/mol. The molecule has 1 aromatic heterocycles. The topological polar surface area (TPSA) is 12.0 Å². The Morgan fingerprint density at radius 2 is 2.06 bits per heavy atom. The second-order valence-electron chi connectivity index (χ2n) is 4.33. The van der Waals surface area contributed by atoms with Gasteiger partial charge in [-0.1, -0.05) is 30.3 Å². The molecular formula is C14H15NS. The lowest BCUT2D eigenvalue weighted by Gasteiger charge is -2.24. The van der Waals surface area contributed by atoms with Gasteiger partial charge in [0.1, 0.15) is 0 Å². The van der Waals surface area contributed by atoms with Crippen molar-refractivity contribution in [1.82, 2.24) is 0 Å². The van der Waals surface area contributed by atoms with Crippen LogP contribution in [-0.4, -0.2) is 6.04 Å². The number of benzene rings is 1. The van der Waals surface area contributed by atoms with Crippen LogP contribution in [0, 0.1) is 0 Å². The minimum absolute atomic E-state index is 0.601. The van der Waals surface area contributed by atoms with Crippen LogP contribution < -0.4 is 5.32 Å². The van der Waals surface area contributed by atoms with Gasteiger partial charge in [-0.05, 0) is 36.3 Å². The maximum absolute atomic E-state index is 3.64. The molecule has 0 saturated heterocycles. The first-order valence-electron chi connectivity index (χ1n) is 5.78. The first-order valence-corrected chi connectivity index (χ1v) is 6.66. The van der Waals surface area contributed by atoms with E-state index in [9.17, 15) is 0 Å². The van der Waals surface area contributed by atoms with E-state index in [2.05, 4.69) is 47.1 Å². The van der Waals surface area contributed by atoms with E-state index in [0.29, 0.717) is 6.04 Å². The van der Waals surface area contributed by atoms with Crippen LogP contribution in [0.5, 0.6) is 0 Å². The van der Waals surface area contributed by atoms with Gasteiger partial charge in [-0.3, -0.25) is 0 Å². The average Bonchev–Trinajstić information content (AvgIpc) is 2.77. The first-order chi connectivity index (χ1) is 7.92. The van der Waals surface area contributed by atoms with Gasteiger partial charge >= 0.3 is 0 Å². The molecule has 0 spiro atoms. The molecule has 0 bridgehead atoms. The lowest BCUT2D eigenvalue weighted by atomic mass is 9.98. The molecule has 0 fully saturated rings. The fraction of sp³-hybridized carbons (Fsp3) is 0.286. The Morgan fingerprint density at radius 1 is 1.19 bits per heavy atom. The van der Waals surface area contributed by atoms with Gasteiger partial charge in [0.15, 0.2) is 0 Å². The van der Waals surface area contributed by atoms with Crippen molar-refractivity contribution in [3.8, 4) is 0 Å². The minimum atomic E-state index is 0.601. The molecule has 2 heteroatoms. The Kier molecular flexibility index (Phi) is 2.66. The summed E-state index contributed by atoms with van der Waals surface area (Å²) < 4.78 is 0. The third kappa shape index (κ3) is 1.98. The molecular weight excluding hydrogens is 214 g/mol. The summed E-state index contributed by atoms with van der Waals surface area (Å²) >= 11 is 1.87. The fourth-order valence-electron chi connectivity index (χ4n) is 2.31. The van der Waals surface area contributed by atoms with Crippen LogP contribution >= 0.6 is 11.3 Å². The molecule has 1 N–H and O–H groups in total. The second-order valence-corrected chi connectivity index (χ2v) is 5.33. The molecule has 3 rings (SSSR count). The van der Waals surface area contributed by atoms with Crippen molar-refractivity contribution >= 4 is 17.0 Å². The van der Waals surface area contributed by atoms with Crippen molar-refractivity contribution < 1.29 is 0 Å². The molecule has 1 aliphatic rings. The van der Waals surface area contributed by atoms with Gasteiger partial charge in [-0.2, -0.15) is 0 Å². The van der Waals surface area contributed by atoms with Gasteiger partial charge < -0.3 is 5.32 Å². The Morgan fingerprint density at radius 3 is 2.94 bits per heavy atom. The van der Waals surface area contributed by atoms with Gasteiger partial charge in [-0.15, -0.1) is 11.3 Å². The third-order valence-electron chi connectivity index (χ3n) is 3.15. The van der Waals surface area contributed by atoms with E-state index in [1.54, 1.807) is 0 Å². The lowest BCUT2D eigenvalue weighted by Crippen LogP contribution is -2.26. The summed E-state index contributed by atoms with van der Waals surface area (Å²) in [7, 11) is 0. The Balaban J connectivity index is 1.71. The summed E-state index contributed by atoms with van der Waals surface area (Å²) in [4.78, 5) is 1.52. The molecule has 0 radical (unpaired) electrons. The number of thiophene rings is 1. The summed E-state index contributed by atoms with van der Waals surface area (Å²) in [5.41, 5.74) is 2.79. The van der Waals surface area contributed by atoms with Gasteiger partial charge in [-0.25, -0.2) is 0 Å². The number of rotatable bonds is 2. The molecule has 16 heavy (non-hydrogen) atoms. The molecule has 2 heterocycles. The van der Waals surface area contributed by atoms with Crippen LogP contribution in [0.15, 0.2) is 41.8 Å². The first kappa shape index (κ1) is 9.91. The lowest BCUT2D eigenvalue weighted by molar-refractivity contribution is 0.634. The number of hydrogen-bond donors (Lipinski definition) is 1. The zero-order valence-corrected chi connectivity index (χ0v) is 9.96. The van der Waals surface area contributed by atoms with Gasteiger partial charge in [0.05, 0.1) is 0 Å². The molecule has 1 aromatic carbocycles. The van der Waals surface area contributed by atoms with Crippen LogP contribution in [0.2, 0.25) is 0 Å². The smallest absolute Gasteiger partial charge is 0.0483 e. The van der Waals surface area contributed by atoms with Crippen molar-refractivity contribution in [1.29, 1.82) is 0 Å². The standard InChI is InChI=1S/C14H15NS/c1-2-4-11(5-3-1)10-12-6-7-14-13(15-12)8-9-16-14/h1-5,8-9,12,15H,6-7,10H2. The van der Waals surface area contributed by atoms with E-state index in [4.69, 9.17) is 0 Å². The predicted molar refractivity (Wildman–Crippen MR) is 70.2 cm³/mol. The van der Waals surface area contributed by atoms with Crippen molar-refractivity contribution in [3.63, 3.8) is 0 Å². The maximum Gasteiger partial charge on any atom is 0.0483 e. The van der Waals surface area contributed by atoms with Crippen LogP contribution in [0.25, 0.3) is 0 Å². The van der Waals surface area contributed by atoms with Crippen molar-refractivity contribution in [2.45, 2.75) is 25.3 Å². The quantitative estimate of drug-likeness (QED) is 0.827. The predicted octanol–water partition coefficient (Wildman–Crippen LogP) is 3.72. The van der Waals surface area contributed by atoms with Crippen LogP contribution in [0.1, 0.15) is 16.9 Å². The Hall–Kier alpha value is -1.28. The van der Waals surface area contributed by atoms with E-state index >= 15 is 0 Å². The monoisotopic (exact) mass is 229 g/mol. The highest BCUT2D eigenvalue weighted by molar-refractivity contribution is 7.10. The van der Waals surface area contributed by atoms with E-state index in [1.807, 2.05) is 11.3 Å². The Labute approximate surface area is 100 Å². The molecule has 1 atom stereocenters. The molecule has 2 aromatic rings. The highest BCUT2D eigenvalue weighted by Crippen LogP contribution is 2.30. The summed E-state index contributed by atoms with van der Waals surface area (Å²) in [5, 5.41) is 5.82. The fourth-order valence-corrected chi connectivity index (χ4v) is 3.17. The molecule has 1 nitrogen and oxygen atoms in total. The zero-order chi connectivity index (χ0) is 10.8. The molecule has 0 amide bonds. The van der Waals surface area contributed by atoms with Gasteiger partial charge in [0.25, 0.3) is 0 Å². The summed E-state index contributed by atoms with van der Waals surface area (Å²) in [6.07, 6.45) is 3.62. The van der Waals surface area contributed by atoms with E-state index in [1.165, 1.54) is 29.0 Å². The summed E-state index contributed by atoms with van der Waals surface area (Å²) in [5.74, 6) is 0. The molecule has 1 aliphatic heterocycles. The molecule has 0 saturated carbocycles. The SMILES string of the molecule is c1ccc(CC2CCc3sccc3N2)cc1. The maximum atomic E-state index is 3.64. The normalized spacial score (nSPS) is 18.9. The van der Waals surface area contributed by atoms with E-state index in [0.717, 1.165) is 6.42 Å². The largest absolute Gasteiger partial charge is 0.381 e. The van der Waals surface area contributed by atoms with Crippen molar-refractivity contribution in [2.75, 3.05) is 5.32 Å². The number of aryl methyl sites for hydroxylation is 1. The van der Waals surface area contributed by atoms with Crippen molar-refractivity contribution in [2.24, 2.45) is 0 Å². The summed E-state index contributed by atoms with van der Waals surface area (Å²) in [6.45, 7) is 0. The van der Waals surface area contributed by atoms with Gasteiger partial charge in [0, 0.05) is 16.6 Å². The number of nitrogens with one attached hydrogen (secondary N) is 1. The minimum Gasteiger partial charge on any atom is -0.381 e.